The first kappa shape index (κ1) is 19.6. The number of carbonyl (C=O) groups excluding carboxylic acids is 1. The molecule has 0 aliphatic carbocycles. The number of hydrogen-bond donors (Lipinski definition) is 0. The lowest BCUT2D eigenvalue weighted by Gasteiger charge is -2.20. The molecule has 1 aromatic heterocycles. The predicted molar refractivity (Wildman–Crippen MR) is 109 cm³/mol. The molecule has 0 spiro atoms. The molecule has 0 aliphatic rings. The van der Waals surface area contributed by atoms with Crippen LogP contribution >= 0.6 is 0 Å². The van der Waals surface area contributed by atoms with Gasteiger partial charge in [0.25, 0.3) is 5.56 Å². The molecular weight excluding hydrogens is 356 g/mol. The lowest BCUT2D eigenvalue weighted by molar-refractivity contribution is -0.126. The van der Waals surface area contributed by atoms with Gasteiger partial charge in [-0.25, -0.2) is 4.98 Å². The number of rotatable bonds is 5. The van der Waals surface area contributed by atoms with Crippen molar-refractivity contribution >= 4 is 16.7 Å². The van der Waals surface area contributed by atoms with Gasteiger partial charge in [0.2, 0.25) is 0 Å². The van der Waals surface area contributed by atoms with Crippen molar-refractivity contribution in [2.45, 2.75) is 27.3 Å². The van der Waals surface area contributed by atoms with Crippen molar-refractivity contribution in [3.63, 3.8) is 0 Å². The van der Waals surface area contributed by atoms with Gasteiger partial charge in [-0.15, -0.1) is 0 Å². The Bertz CT molecular complexity index is 1090. The number of benzene rings is 2. The van der Waals surface area contributed by atoms with Gasteiger partial charge in [-0.05, 0) is 30.3 Å². The molecule has 0 radical (unpaired) electrons. The predicted octanol–water partition coefficient (Wildman–Crippen LogP) is 3.70. The van der Waals surface area contributed by atoms with Crippen molar-refractivity contribution < 1.29 is 14.3 Å². The van der Waals surface area contributed by atoms with Crippen molar-refractivity contribution in [3.8, 4) is 22.9 Å². The Morgan fingerprint density at radius 3 is 2.36 bits per heavy atom. The van der Waals surface area contributed by atoms with Crippen LogP contribution in [0.5, 0.6) is 11.5 Å². The zero-order valence-electron chi connectivity index (χ0n) is 16.8. The minimum Gasteiger partial charge on any atom is -0.493 e. The maximum absolute atomic E-state index is 13.2. The van der Waals surface area contributed by atoms with E-state index in [1.165, 1.54) is 4.57 Å². The lowest BCUT2D eigenvalue weighted by Crippen LogP contribution is -2.32. The molecule has 0 saturated heterocycles. The maximum Gasteiger partial charge on any atom is 0.262 e. The number of ketones is 1. The molecule has 3 rings (SSSR count). The van der Waals surface area contributed by atoms with E-state index in [4.69, 9.17) is 9.47 Å². The average Bonchev–Trinajstić information content (AvgIpc) is 2.68. The molecule has 0 atom stereocenters. The summed E-state index contributed by atoms with van der Waals surface area (Å²) in [5.74, 6) is 1.47. The smallest absolute Gasteiger partial charge is 0.262 e. The number of Topliss-reactive ketones (excluding diaryl/α,β-unsaturated/α-hetero) is 1. The molecule has 0 aliphatic heterocycles. The number of nitrogens with zero attached hydrogens (tertiary/aromatic N) is 2. The van der Waals surface area contributed by atoms with E-state index in [0.717, 1.165) is 0 Å². The zero-order valence-corrected chi connectivity index (χ0v) is 16.8. The van der Waals surface area contributed by atoms with Crippen molar-refractivity contribution in [1.82, 2.24) is 9.55 Å². The van der Waals surface area contributed by atoms with Gasteiger partial charge in [0, 0.05) is 11.0 Å². The third-order valence-corrected chi connectivity index (χ3v) is 4.64. The summed E-state index contributed by atoms with van der Waals surface area (Å²) in [6.45, 7) is 5.46. The van der Waals surface area contributed by atoms with Crippen molar-refractivity contribution in [1.29, 1.82) is 0 Å². The summed E-state index contributed by atoms with van der Waals surface area (Å²) < 4.78 is 12.1. The first-order chi connectivity index (χ1) is 13.3. The quantitative estimate of drug-likeness (QED) is 0.675. The molecule has 0 unspecified atom stereocenters. The molecule has 0 bridgehead atoms. The van der Waals surface area contributed by atoms with Crippen LogP contribution in [0, 0.1) is 5.41 Å². The van der Waals surface area contributed by atoms with Gasteiger partial charge < -0.3 is 9.47 Å². The monoisotopic (exact) mass is 380 g/mol. The van der Waals surface area contributed by atoms with E-state index < -0.39 is 5.41 Å². The van der Waals surface area contributed by atoms with E-state index in [2.05, 4.69) is 4.98 Å². The first-order valence-electron chi connectivity index (χ1n) is 9.01. The fourth-order valence-electron chi connectivity index (χ4n) is 2.89. The van der Waals surface area contributed by atoms with Gasteiger partial charge in [-0.1, -0.05) is 32.9 Å². The summed E-state index contributed by atoms with van der Waals surface area (Å²) in [6, 6.07) is 12.4. The van der Waals surface area contributed by atoms with Crippen LogP contribution in [-0.2, 0) is 11.3 Å². The van der Waals surface area contributed by atoms with Gasteiger partial charge in [-0.2, -0.15) is 0 Å². The molecule has 0 amide bonds. The Morgan fingerprint density at radius 1 is 1.04 bits per heavy atom. The Kier molecular flexibility index (Phi) is 5.23. The highest BCUT2D eigenvalue weighted by atomic mass is 16.5. The molecule has 1 heterocycles. The summed E-state index contributed by atoms with van der Waals surface area (Å²) in [4.78, 5) is 30.6. The molecule has 6 heteroatoms. The average molecular weight is 380 g/mol. The standard InChI is InChI=1S/C22H24N2O4/c1-22(2,3)19(25)13-24-20(14-10-11-17(27-4)18(12-14)28-5)23-16-9-7-6-8-15(16)21(24)26/h6-12H,13H2,1-5H3. The molecule has 2 aromatic carbocycles. The topological polar surface area (TPSA) is 70.4 Å². The van der Waals surface area contributed by atoms with E-state index in [9.17, 15) is 9.59 Å². The van der Waals surface area contributed by atoms with Gasteiger partial charge in [0.05, 0.1) is 31.7 Å². The Hall–Kier alpha value is -3.15. The maximum atomic E-state index is 13.2. The van der Waals surface area contributed by atoms with Crippen LogP contribution in [0.3, 0.4) is 0 Å². The number of aromatic nitrogens is 2. The van der Waals surface area contributed by atoms with Crippen LogP contribution < -0.4 is 15.0 Å². The SMILES string of the molecule is COc1ccc(-c2nc3ccccc3c(=O)n2CC(=O)C(C)(C)C)cc1OC. The molecule has 0 saturated carbocycles. The van der Waals surface area contributed by atoms with E-state index in [1.54, 1.807) is 50.6 Å². The Balaban J connectivity index is 2.27. The highest BCUT2D eigenvalue weighted by Gasteiger charge is 2.24. The lowest BCUT2D eigenvalue weighted by atomic mass is 9.90. The van der Waals surface area contributed by atoms with Gasteiger partial charge in [-0.3, -0.25) is 14.2 Å². The van der Waals surface area contributed by atoms with E-state index in [0.29, 0.717) is 33.8 Å². The number of para-hydroxylation sites is 1. The molecule has 28 heavy (non-hydrogen) atoms. The molecule has 6 nitrogen and oxygen atoms in total. The Labute approximate surface area is 163 Å². The summed E-state index contributed by atoms with van der Waals surface area (Å²) in [5.41, 5.74) is 0.437. The number of hydrogen-bond acceptors (Lipinski definition) is 5. The molecule has 3 aromatic rings. The minimum atomic E-state index is -0.569. The van der Waals surface area contributed by atoms with Gasteiger partial charge >= 0.3 is 0 Å². The Morgan fingerprint density at radius 2 is 1.71 bits per heavy atom. The second-order valence-corrected chi connectivity index (χ2v) is 7.59. The number of carbonyl (C=O) groups is 1. The molecular formula is C22H24N2O4. The summed E-state index contributed by atoms with van der Waals surface area (Å²) >= 11 is 0. The number of methoxy groups -OCH3 is 2. The van der Waals surface area contributed by atoms with Crippen LogP contribution in [0.2, 0.25) is 0 Å². The van der Waals surface area contributed by atoms with E-state index in [-0.39, 0.29) is 17.9 Å². The van der Waals surface area contributed by atoms with Crippen LogP contribution in [-0.4, -0.2) is 29.6 Å². The van der Waals surface area contributed by atoms with Crippen LogP contribution in [0.4, 0.5) is 0 Å². The minimum absolute atomic E-state index is 0.0478. The fourth-order valence-corrected chi connectivity index (χ4v) is 2.89. The highest BCUT2D eigenvalue weighted by molar-refractivity contribution is 5.85. The highest BCUT2D eigenvalue weighted by Crippen LogP contribution is 2.32. The molecule has 0 fully saturated rings. The van der Waals surface area contributed by atoms with Crippen molar-refractivity contribution in [2.24, 2.45) is 5.41 Å². The third-order valence-electron chi connectivity index (χ3n) is 4.64. The largest absolute Gasteiger partial charge is 0.493 e. The van der Waals surface area contributed by atoms with Crippen molar-refractivity contribution in [3.05, 3.63) is 52.8 Å². The number of ether oxygens (including phenoxy) is 2. The third kappa shape index (κ3) is 3.63. The number of fused-ring (bicyclic) bond motifs is 1. The van der Waals surface area contributed by atoms with Gasteiger partial charge in [0.1, 0.15) is 5.82 Å². The second kappa shape index (κ2) is 7.46. The summed E-state index contributed by atoms with van der Waals surface area (Å²) in [7, 11) is 3.11. The van der Waals surface area contributed by atoms with E-state index in [1.807, 2.05) is 26.8 Å². The van der Waals surface area contributed by atoms with Crippen molar-refractivity contribution in [2.75, 3.05) is 14.2 Å². The second-order valence-electron chi connectivity index (χ2n) is 7.59. The van der Waals surface area contributed by atoms with Gasteiger partial charge in [0.15, 0.2) is 17.3 Å². The molecule has 146 valence electrons. The summed E-state index contributed by atoms with van der Waals surface area (Å²) in [6.07, 6.45) is 0. The van der Waals surface area contributed by atoms with Crippen LogP contribution in [0.25, 0.3) is 22.3 Å². The first-order valence-corrected chi connectivity index (χ1v) is 9.01. The van der Waals surface area contributed by atoms with Crippen LogP contribution in [0.15, 0.2) is 47.3 Å². The summed E-state index contributed by atoms with van der Waals surface area (Å²) in [5, 5.41) is 0.480. The fraction of sp³-hybridized carbons (Fsp3) is 0.318. The molecule has 0 N–H and O–H groups in total. The van der Waals surface area contributed by atoms with E-state index >= 15 is 0 Å². The zero-order chi connectivity index (χ0) is 20.5. The normalized spacial score (nSPS) is 11.5. The van der Waals surface area contributed by atoms with Crippen LogP contribution in [0.1, 0.15) is 20.8 Å².